The molecule has 4 N–H and O–H groups in total. The zero-order valence-electron chi connectivity index (χ0n) is 22.0. The predicted octanol–water partition coefficient (Wildman–Crippen LogP) is 6.26. The van der Waals surface area contributed by atoms with Gasteiger partial charge in [0, 0.05) is 29.1 Å². The molecule has 1 amide bonds. The minimum atomic E-state index is -1.03. The van der Waals surface area contributed by atoms with E-state index in [1.807, 2.05) is 43.4 Å². The van der Waals surface area contributed by atoms with E-state index in [4.69, 9.17) is 10.7 Å². The van der Waals surface area contributed by atoms with Gasteiger partial charge in [-0.3, -0.25) is 4.79 Å². The number of primary amides is 1. The van der Waals surface area contributed by atoms with Crippen LogP contribution < -0.4 is 10.6 Å². The third-order valence-electron chi connectivity index (χ3n) is 8.29. The van der Waals surface area contributed by atoms with E-state index < -0.39 is 11.6 Å². The first-order valence-electron chi connectivity index (χ1n) is 13.4. The van der Waals surface area contributed by atoms with E-state index in [0.717, 1.165) is 45.9 Å². The molecular weight excluding hydrogens is 505 g/mol. The first kappa shape index (κ1) is 24.4. The standard InChI is InChI=1S/C32H28FN5O2/c1-37(32(40)15-4-5-16-32)28-18-20(12-13-22(28)30(34)39)38-26-9-3-2-7-21(26)29-23(8-6-10-27(29)38)31-35-24-14-11-19(33)17-25(24)36-31/h2-3,6-14,17-18,40H,4-5,15-16H2,1H3,(H2,34,39)(H,35,36). The highest BCUT2D eigenvalue weighted by Crippen LogP contribution is 2.41. The molecule has 6 aromatic rings. The molecule has 200 valence electrons. The first-order valence-corrected chi connectivity index (χ1v) is 13.4. The lowest BCUT2D eigenvalue weighted by Gasteiger charge is -2.36. The fourth-order valence-electron chi connectivity index (χ4n) is 6.25. The Morgan fingerprint density at radius 3 is 2.60 bits per heavy atom. The monoisotopic (exact) mass is 533 g/mol. The Hall–Kier alpha value is -4.69. The molecule has 0 bridgehead atoms. The van der Waals surface area contributed by atoms with Crippen LogP contribution >= 0.6 is 0 Å². The van der Waals surface area contributed by atoms with Gasteiger partial charge in [-0.2, -0.15) is 0 Å². The van der Waals surface area contributed by atoms with Crippen LogP contribution in [0.5, 0.6) is 0 Å². The number of amides is 1. The number of nitrogens with one attached hydrogen (secondary N) is 1. The fraction of sp³-hybridized carbons (Fsp3) is 0.188. The lowest BCUT2D eigenvalue weighted by atomic mass is 10.1. The van der Waals surface area contributed by atoms with Crippen molar-refractivity contribution in [3.05, 3.63) is 90.2 Å². The number of imidazole rings is 1. The number of benzene rings is 4. The molecule has 7 rings (SSSR count). The van der Waals surface area contributed by atoms with Crippen LogP contribution in [0.2, 0.25) is 0 Å². The maximum Gasteiger partial charge on any atom is 0.250 e. The Bertz CT molecular complexity index is 1950. The summed E-state index contributed by atoms with van der Waals surface area (Å²) >= 11 is 0. The highest BCUT2D eigenvalue weighted by atomic mass is 19.1. The Labute approximate surface area is 229 Å². The summed E-state index contributed by atoms with van der Waals surface area (Å²) in [5.41, 5.74) is 10.7. The van der Waals surface area contributed by atoms with E-state index in [0.29, 0.717) is 41.0 Å². The van der Waals surface area contributed by atoms with Gasteiger partial charge in [-0.15, -0.1) is 0 Å². The fourth-order valence-corrected chi connectivity index (χ4v) is 6.25. The van der Waals surface area contributed by atoms with Crippen molar-refractivity contribution in [2.75, 3.05) is 11.9 Å². The summed E-state index contributed by atoms with van der Waals surface area (Å²) < 4.78 is 16.0. The normalized spacial score (nSPS) is 14.9. The van der Waals surface area contributed by atoms with Crippen LogP contribution in [0.25, 0.3) is 49.9 Å². The summed E-state index contributed by atoms with van der Waals surface area (Å²) in [6.45, 7) is 0. The molecule has 0 unspecified atom stereocenters. The molecule has 2 aromatic heterocycles. The Kier molecular flexibility index (Phi) is 5.43. The van der Waals surface area contributed by atoms with Crippen LogP contribution in [-0.2, 0) is 0 Å². The second kappa shape index (κ2) is 8.93. The van der Waals surface area contributed by atoms with E-state index in [1.165, 1.54) is 12.1 Å². The number of nitrogens with zero attached hydrogens (tertiary/aromatic N) is 3. The number of aromatic nitrogens is 3. The van der Waals surface area contributed by atoms with Crippen molar-refractivity contribution in [2.24, 2.45) is 5.73 Å². The molecular formula is C32H28FN5O2. The Balaban J connectivity index is 1.47. The summed E-state index contributed by atoms with van der Waals surface area (Å²) in [5.74, 6) is -0.206. The number of anilines is 1. The molecule has 0 radical (unpaired) electrons. The second-order valence-corrected chi connectivity index (χ2v) is 10.6. The molecule has 1 aliphatic carbocycles. The molecule has 7 nitrogen and oxygen atoms in total. The maximum absolute atomic E-state index is 13.9. The molecule has 2 heterocycles. The number of fused-ring (bicyclic) bond motifs is 4. The third kappa shape index (κ3) is 3.67. The van der Waals surface area contributed by atoms with E-state index in [9.17, 15) is 14.3 Å². The highest BCUT2D eigenvalue weighted by molar-refractivity contribution is 6.15. The average Bonchev–Trinajstić information content (AvgIpc) is 3.67. The first-order chi connectivity index (χ1) is 19.3. The van der Waals surface area contributed by atoms with Crippen molar-refractivity contribution in [1.82, 2.24) is 14.5 Å². The zero-order chi connectivity index (χ0) is 27.6. The molecule has 1 saturated carbocycles. The molecule has 40 heavy (non-hydrogen) atoms. The van der Waals surface area contributed by atoms with Gasteiger partial charge < -0.3 is 25.3 Å². The van der Waals surface area contributed by atoms with Crippen molar-refractivity contribution < 1.29 is 14.3 Å². The van der Waals surface area contributed by atoms with Gasteiger partial charge in [0.2, 0.25) is 0 Å². The molecule has 0 aliphatic heterocycles. The largest absolute Gasteiger partial charge is 0.371 e. The van der Waals surface area contributed by atoms with Gasteiger partial charge in [-0.25, -0.2) is 9.37 Å². The number of carbonyl (C=O) groups is 1. The van der Waals surface area contributed by atoms with Crippen molar-refractivity contribution in [1.29, 1.82) is 0 Å². The van der Waals surface area contributed by atoms with Crippen molar-refractivity contribution >= 4 is 44.4 Å². The number of para-hydroxylation sites is 1. The molecule has 8 heteroatoms. The van der Waals surface area contributed by atoms with Gasteiger partial charge in [0.15, 0.2) is 0 Å². The van der Waals surface area contributed by atoms with Gasteiger partial charge in [0.1, 0.15) is 17.4 Å². The molecule has 0 saturated heterocycles. The van der Waals surface area contributed by atoms with Crippen molar-refractivity contribution in [3.63, 3.8) is 0 Å². The van der Waals surface area contributed by atoms with Crippen molar-refractivity contribution in [3.8, 4) is 17.1 Å². The summed E-state index contributed by atoms with van der Waals surface area (Å²) in [6.07, 6.45) is 3.12. The summed E-state index contributed by atoms with van der Waals surface area (Å²) in [4.78, 5) is 22.3. The van der Waals surface area contributed by atoms with Crippen LogP contribution in [0.3, 0.4) is 0 Å². The second-order valence-electron chi connectivity index (χ2n) is 10.6. The maximum atomic E-state index is 13.9. The Morgan fingerprint density at radius 2 is 1.80 bits per heavy atom. The van der Waals surface area contributed by atoms with Gasteiger partial charge in [0.05, 0.1) is 33.3 Å². The number of hydrogen-bond donors (Lipinski definition) is 3. The van der Waals surface area contributed by atoms with E-state index in [1.54, 1.807) is 17.0 Å². The SMILES string of the molecule is CN(c1cc(-n2c3ccccc3c3c(-c4nc5ccc(F)cc5[nH]4)cccc32)ccc1C(N)=O)C1(O)CCCC1. The molecule has 1 fully saturated rings. The van der Waals surface area contributed by atoms with E-state index in [2.05, 4.69) is 27.8 Å². The summed E-state index contributed by atoms with van der Waals surface area (Å²) in [6, 6.07) is 24.3. The quantitative estimate of drug-likeness (QED) is 0.228. The topological polar surface area (TPSA) is 100 Å². The number of nitrogens with two attached hydrogens (primary N) is 1. The van der Waals surface area contributed by atoms with E-state index in [-0.39, 0.29) is 5.82 Å². The number of rotatable bonds is 5. The van der Waals surface area contributed by atoms with Crippen LogP contribution in [0.1, 0.15) is 36.0 Å². The zero-order valence-corrected chi connectivity index (χ0v) is 22.0. The van der Waals surface area contributed by atoms with Crippen LogP contribution in [0.4, 0.5) is 10.1 Å². The number of hydrogen-bond acceptors (Lipinski definition) is 4. The van der Waals surface area contributed by atoms with Gasteiger partial charge >= 0.3 is 0 Å². The van der Waals surface area contributed by atoms with Gasteiger partial charge in [-0.1, -0.05) is 30.3 Å². The number of halogens is 1. The molecule has 0 atom stereocenters. The number of aliphatic hydroxyl groups is 1. The lowest BCUT2D eigenvalue weighted by Crippen LogP contribution is -2.45. The summed E-state index contributed by atoms with van der Waals surface area (Å²) in [5, 5.41) is 13.4. The molecule has 1 aliphatic rings. The lowest BCUT2D eigenvalue weighted by molar-refractivity contribution is 0.0488. The number of H-pyrrole nitrogens is 1. The smallest absolute Gasteiger partial charge is 0.250 e. The van der Waals surface area contributed by atoms with Crippen LogP contribution in [0.15, 0.2) is 78.9 Å². The number of aromatic amines is 1. The van der Waals surface area contributed by atoms with E-state index >= 15 is 0 Å². The minimum Gasteiger partial charge on any atom is -0.371 e. The molecule has 4 aromatic carbocycles. The molecule has 0 spiro atoms. The minimum absolute atomic E-state index is 0.319. The van der Waals surface area contributed by atoms with Crippen LogP contribution in [-0.4, -0.2) is 38.3 Å². The van der Waals surface area contributed by atoms with Gasteiger partial charge in [0.25, 0.3) is 5.91 Å². The third-order valence-corrected chi connectivity index (χ3v) is 8.29. The predicted molar refractivity (Wildman–Crippen MR) is 156 cm³/mol. The summed E-state index contributed by atoms with van der Waals surface area (Å²) in [7, 11) is 1.82. The Morgan fingerprint density at radius 1 is 1.02 bits per heavy atom. The highest BCUT2D eigenvalue weighted by Gasteiger charge is 2.37. The van der Waals surface area contributed by atoms with Crippen LogP contribution in [0, 0.1) is 5.82 Å². The van der Waals surface area contributed by atoms with Crippen molar-refractivity contribution in [2.45, 2.75) is 31.4 Å². The number of carbonyl (C=O) groups excluding carboxylic acids is 1. The van der Waals surface area contributed by atoms with Gasteiger partial charge in [-0.05, 0) is 74.2 Å². The average molecular weight is 534 g/mol.